The molecular weight excluding hydrogens is 275 g/mol. The number of hydrogen-bond donors (Lipinski definition) is 0. The summed E-state index contributed by atoms with van der Waals surface area (Å²) in [6, 6.07) is 4.84. The molecule has 1 aromatic carbocycles. The van der Waals surface area contributed by atoms with E-state index in [0.29, 0.717) is 17.9 Å². The smallest absolute Gasteiger partial charge is 0.156 e. The lowest BCUT2D eigenvalue weighted by Crippen LogP contribution is -2.02. The zero-order chi connectivity index (χ0) is 11.5. The Morgan fingerprint density at radius 2 is 2.31 bits per heavy atom. The van der Waals surface area contributed by atoms with Crippen LogP contribution in [0.2, 0.25) is 0 Å². The van der Waals surface area contributed by atoms with Gasteiger partial charge in [0.25, 0.3) is 0 Å². The zero-order valence-corrected chi connectivity index (χ0v) is 10.2. The molecule has 16 heavy (non-hydrogen) atoms. The van der Waals surface area contributed by atoms with Gasteiger partial charge in [0, 0.05) is 10.0 Å². The van der Waals surface area contributed by atoms with Crippen LogP contribution in [0.5, 0.6) is 5.75 Å². The first-order valence-corrected chi connectivity index (χ1v) is 5.48. The molecule has 0 saturated carbocycles. The summed E-state index contributed by atoms with van der Waals surface area (Å²) < 4.78 is 20.9. The summed E-state index contributed by atoms with van der Waals surface area (Å²) >= 11 is 3.31. The highest BCUT2D eigenvalue weighted by atomic mass is 79.9. The lowest BCUT2D eigenvalue weighted by Gasteiger charge is -2.04. The second-order valence-corrected chi connectivity index (χ2v) is 4.23. The quantitative estimate of drug-likeness (QED) is 0.867. The molecule has 84 valence electrons. The lowest BCUT2D eigenvalue weighted by molar-refractivity contribution is 0.414. The summed E-state index contributed by atoms with van der Waals surface area (Å²) in [6.45, 7) is 0.384. The molecule has 0 N–H and O–H groups in total. The maximum Gasteiger partial charge on any atom is 0.156 e. The van der Waals surface area contributed by atoms with Crippen molar-refractivity contribution in [2.24, 2.45) is 0 Å². The number of halogens is 2. The van der Waals surface area contributed by atoms with Crippen LogP contribution in [0.1, 0.15) is 5.56 Å². The molecular formula is C11H10BrFN2O. The molecule has 0 aliphatic carbocycles. The summed E-state index contributed by atoms with van der Waals surface area (Å²) in [5.74, 6) is 0.424. The number of benzene rings is 1. The Morgan fingerprint density at radius 3 is 3.00 bits per heavy atom. The van der Waals surface area contributed by atoms with Gasteiger partial charge in [-0.05, 0) is 18.2 Å². The summed E-state index contributed by atoms with van der Waals surface area (Å²) in [7, 11) is 1.57. The Kier molecular flexibility index (Phi) is 3.24. The lowest BCUT2D eigenvalue weighted by atomic mass is 10.2. The molecule has 0 aliphatic heterocycles. The maximum absolute atomic E-state index is 13.5. The summed E-state index contributed by atoms with van der Waals surface area (Å²) in [4.78, 5) is 0. The molecule has 5 heteroatoms. The Balaban J connectivity index is 2.22. The highest BCUT2D eigenvalue weighted by molar-refractivity contribution is 9.10. The fraction of sp³-hybridized carbons (Fsp3) is 0.182. The third-order valence-corrected chi connectivity index (χ3v) is 2.68. The van der Waals surface area contributed by atoms with Crippen LogP contribution in [0.4, 0.5) is 4.39 Å². The van der Waals surface area contributed by atoms with E-state index in [1.807, 2.05) is 0 Å². The van der Waals surface area contributed by atoms with Crippen molar-refractivity contribution in [1.82, 2.24) is 9.78 Å². The van der Waals surface area contributed by atoms with E-state index >= 15 is 0 Å². The minimum Gasteiger partial charge on any atom is -0.493 e. The Hall–Kier alpha value is -1.36. The van der Waals surface area contributed by atoms with Gasteiger partial charge in [-0.15, -0.1) is 0 Å². The van der Waals surface area contributed by atoms with E-state index in [4.69, 9.17) is 4.74 Å². The summed E-state index contributed by atoms with van der Waals surface area (Å²) in [6.07, 6.45) is 3.32. The molecule has 3 nitrogen and oxygen atoms in total. The topological polar surface area (TPSA) is 27.1 Å². The van der Waals surface area contributed by atoms with Crippen molar-refractivity contribution in [2.75, 3.05) is 7.11 Å². The average Bonchev–Trinajstić information content (AvgIpc) is 2.71. The molecule has 0 saturated heterocycles. The fourth-order valence-corrected chi connectivity index (χ4v) is 1.78. The number of ether oxygens (including phenoxy) is 1. The molecule has 0 bridgehead atoms. The van der Waals surface area contributed by atoms with Gasteiger partial charge in [0.1, 0.15) is 5.82 Å². The number of rotatable bonds is 3. The van der Waals surface area contributed by atoms with Crippen LogP contribution < -0.4 is 4.74 Å². The Bertz CT molecular complexity index is 498. The molecule has 2 aromatic rings. The highest BCUT2D eigenvalue weighted by Crippen LogP contribution is 2.17. The first kappa shape index (κ1) is 11.1. The second kappa shape index (κ2) is 4.65. The first-order chi connectivity index (χ1) is 7.69. The second-order valence-electron chi connectivity index (χ2n) is 3.31. The molecule has 0 atom stereocenters. The van der Waals surface area contributed by atoms with Crippen LogP contribution in [-0.2, 0) is 6.54 Å². The minimum atomic E-state index is -0.238. The fourth-order valence-electron chi connectivity index (χ4n) is 1.38. The number of methoxy groups -OCH3 is 1. The third kappa shape index (κ3) is 2.41. The Morgan fingerprint density at radius 1 is 1.50 bits per heavy atom. The van der Waals surface area contributed by atoms with E-state index in [2.05, 4.69) is 21.0 Å². The van der Waals surface area contributed by atoms with E-state index in [9.17, 15) is 4.39 Å². The van der Waals surface area contributed by atoms with Crippen LogP contribution in [-0.4, -0.2) is 16.9 Å². The molecule has 1 heterocycles. The minimum absolute atomic E-state index is 0.238. The van der Waals surface area contributed by atoms with Gasteiger partial charge < -0.3 is 4.74 Å². The first-order valence-electron chi connectivity index (χ1n) is 4.69. The molecule has 2 rings (SSSR count). The van der Waals surface area contributed by atoms with Crippen molar-refractivity contribution in [2.45, 2.75) is 6.54 Å². The van der Waals surface area contributed by atoms with E-state index in [-0.39, 0.29) is 5.82 Å². The normalized spacial score (nSPS) is 10.4. The van der Waals surface area contributed by atoms with Crippen molar-refractivity contribution in [3.05, 3.63) is 46.4 Å². The highest BCUT2D eigenvalue weighted by Gasteiger charge is 2.05. The average molecular weight is 285 g/mol. The van der Waals surface area contributed by atoms with Crippen molar-refractivity contribution in [1.29, 1.82) is 0 Å². The predicted octanol–water partition coefficient (Wildman–Crippen LogP) is 2.84. The van der Waals surface area contributed by atoms with Crippen LogP contribution in [0.3, 0.4) is 0 Å². The molecule has 0 amide bonds. The standard InChI is InChI=1S/C11H10BrFN2O/c1-16-10-5-14-15(7-10)6-8-4-9(12)2-3-11(8)13/h2-5,7H,6H2,1H3. The molecule has 0 fully saturated rings. The van der Waals surface area contributed by atoms with E-state index in [0.717, 1.165) is 4.47 Å². The van der Waals surface area contributed by atoms with Crippen LogP contribution in [0.15, 0.2) is 35.1 Å². The van der Waals surface area contributed by atoms with Crippen molar-refractivity contribution in [3.63, 3.8) is 0 Å². The van der Waals surface area contributed by atoms with Gasteiger partial charge in [-0.1, -0.05) is 15.9 Å². The molecule has 0 aliphatic rings. The van der Waals surface area contributed by atoms with Gasteiger partial charge >= 0.3 is 0 Å². The maximum atomic E-state index is 13.5. The van der Waals surface area contributed by atoms with Crippen LogP contribution in [0.25, 0.3) is 0 Å². The van der Waals surface area contributed by atoms with Gasteiger partial charge in [-0.25, -0.2) is 4.39 Å². The van der Waals surface area contributed by atoms with Gasteiger partial charge in [0.05, 0.1) is 26.0 Å². The van der Waals surface area contributed by atoms with Crippen LogP contribution >= 0.6 is 15.9 Å². The predicted molar refractivity (Wildman–Crippen MR) is 62.0 cm³/mol. The number of nitrogens with zero attached hydrogens (tertiary/aromatic N) is 2. The van der Waals surface area contributed by atoms with Crippen molar-refractivity contribution in [3.8, 4) is 5.75 Å². The molecule has 0 spiro atoms. The largest absolute Gasteiger partial charge is 0.493 e. The van der Waals surface area contributed by atoms with Crippen LogP contribution in [0, 0.1) is 5.82 Å². The number of hydrogen-bond acceptors (Lipinski definition) is 2. The summed E-state index contributed by atoms with van der Waals surface area (Å²) in [5, 5.41) is 4.06. The molecule has 0 radical (unpaired) electrons. The van der Waals surface area contributed by atoms with Crippen molar-refractivity contribution < 1.29 is 9.13 Å². The zero-order valence-electron chi connectivity index (χ0n) is 8.65. The van der Waals surface area contributed by atoms with Gasteiger partial charge in [0.2, 0.25) is 0 Å². The van der Waals surface area contributed by atoms with Gasteiger partial charge in [-0.2, -0.15) is 5.10 Å². The van der Waals surface area contributed by atoms with Gasteiger partial charge in [0.15, 0.2) is 5.75 Å². The number of aromatic nitrogens is 2. The molecule has 0 unspecified atom stereocenters. The van der Waals surface area contributed by atoms with E-state index in [1.54, 1.807) is 36.3 Å². The SMILES string of the molecule is COc1cnn(Cc2cc(Br)ccc2F)c1. The van der Waals surface area contributed by atoms with Gasteiger partial charge in [-0.3, -0.25) is 4.68 Å². The van der Waals surface area contributed by atoms with Crippen molar-refractivity contribution >= 4 is 15.9 Å². The Labute approximate surface area is 101 Å². The monoisotopic (exact) mass is 284 g/mol. The molecule has 1 aromatic heterocycles. The third-order valence-electron chi connectivity index (χ3n) is 2.19. The van der Waals surface area contributed by atoms with E-state index in [1.165, 1.54) is 6.07 Å². The summed E-state index contributed by atoms with van der Waals surface area (Å²) in [5.41, 5.74) is 0.583. The van der Waals surface area contributed by atoms with E-state index < -0.39 is 0 Å².